The lowest BCUT2D eigenvalue weighted by molar-refractivity contribution is 0.230. The molecular formula is C18H22N4O3. The predicted molar refractivity (Wildman–Crippen MR) is 92.8 cm³/mol. The molecule has 0 spiro atoms. The summed E-state index contributed by atoms with van der Waals surface area (Å²) in [5, 5.41) is 18.8. The molecule has 0 bridgehead atoms. The minimum absolute atomic E-state index is 0.0412. The van der Waals surface area contributed by atoms with Crippen LogP contribution in [0.4, 0.5) is 4.79 Å². The van der Waals surface area contributed by atoms with Gasteiger partial charge in [-0.2, -0.15) is 4.98 Å². The Labute approximate surface area is 146 Å². The quantitative estimate of drug-likeness (QED) is 0.698. The van der Waals surface area contributed by atoms with Gasteiger partial charge < -0.3 is 20.3 Å². The fraction of sp³-hybridized carbons (Fsp3) is 0.389. The van der Waals surface area contributed by atoms with Gasteiger partial charge in [-0.3, -0.25) is 0 Å². The number of urea groups is 1. The van der Waals surface area contributed by atoms with Gasteiger partial charge in [0, 0.05) is 30.7 Å². The van der Waals surface area contributed by atoms with Gasteiger partial charge in [-0.15, -0.1) is 0 Å². The number of aliphatic hydroxyl groups is 1. The molecule has 2 amide bonds. The second-order valence-electron chi connectivity index (χ2n) is 6.25. The maximum Gasteiger partial charge on any atom is 0.315 e. The highest BCUT2D eigenvalue weighted by Crippen LogP contribution is 2.19. The first-order chi connectivity index (χ1) is 12.2. The molecule has 0 saturated heterocycles. The van der Waals surface area contributed by atoms with E-state index < -0.39 is 0 Å². The van der Waals surface area contributed by atoms with E-state index in [0.29, 0.717) is 18.3 Å². The van der Waals surface area contributed by atoms with Crippen molar-refractivity contribution in [1.82, 2.24) is 20.8 Å². The smallest absolute Gasteiger partial charge is 0.315 e. The van der Waals surface area contributed by atoms with Crippen LogP contribution >= 0.6 is 0 Å². The zero-order valence-electron chi connectivity index (χ0n) is 14.1. The summed E-state index contributed by atoms with van der Waals surface area (Å²) in [5.41, 5.74) is 0.891. The highest BCUT2D eigenvalue weighted by molar-refractivity contribution is 5.74. The van der Waals surface area contributed by atoms with Crippen LogP contribution in [0.1, 0.15) is 25.2 Å². The van der Waals surface area contributed by atoms with Crippen molar-refractivity contribution in [2.24, 2.45) is 5.92 Å². The van der Waals surface area contributed by atoms with Gasteiger partial charge in [0.2, 0.25) is 11.7 Å². The number of carbonyl (C=O) groups excluding carboxylic acids is 1. The highest BCUT2D eigenvalue weighted by Gasteiger charge is 2.20. The van der Waals surface area contributed by atoms with Crippen molar-refractivity contribution < 1.29 is 14.4 Å². The van der Waals surface area contributed by atoms with Crippen LogP contribution in [0.5, 0.6) is 0 Å². The molecule has 7 nitrogen and oxygen atoms in total. The summed E-state index contributed by atoms with van der Waals surface area (Å²) in [4.78, 5) is 16.4. The standard InChI is InChI=1S/C18H22N4O3/c1-12(10-19-18(24)20-15-8-7-13(9-15)11-23)17-21-16(22-25-17)14-5-3-2-4-6-14/h2-8,12-13,15,23H,9-11H2,1H3,(H2,19,20,24)/t12?,13-,15+/m0/s1. The van der Waals surface area contributed by atoms with E-state index in [2.05, 4.69) is 20.8 Å². The molecule has 1 aliphatic rings. The van der Waals surface area contributed by atoms with E-state index in [1.807, 2.05) is 49.4 Å². The number of amides is 2. The SMILES string of the molecule is CC(CNC(=O)N[C@@H]1C=C[C@H](CO)C1)c1nc(-c2ccccc2)no1. The molecule has 25 heavy (non-hydrogen) atoms. The van der Waals surface area contributed by atoms with E-state index in [9.17, 15) is 4.79 Å². The zero-order chi connectivity index (χ0) is 17.6. The number of aliphatic hydroxyl groups excluding tert-OH is 1. The van der Waals surface area contributed by atoms with Crippen molar-refractivity contribution in [3.63, 3.8) is 0 Å². The number of carbonyl (C=O) groups is 1. The minimum atomic E-state index is -0.247. The van der Waals surface area contributed by atoms with Crippen LogP contribution in [0.3, 0.4) is 0 Å². The lowest BCUT2D eigenvalue weighted by Crippen LogP contribution is -2.42. The van der Waals surface area contributed by atoms with Gasteiger partial charge in [-0.1, -0.05) is 54.6 Å². The number of aromatic nitrogens is 2. The molecule has 2 aromatic rings. The zero-order valence-corrected chi connectivity index (χ0v) is 14.1. The van der Waals surface area contributed by atoms with Gasteiger partial charge in [0.25, 0.3) is 0 Å². The van der Waals surface area contributed by atoms with Crippen molar-refractivity contribution in [2.45, 2.75) is 25.3 Å². The van der Waals surface area contributed by atoms with Crippen LogP contribution in [0.25, 0.3) is 11.4 Å². The molecule has 1 unspecified atom stereocenters. The van der Waals surface area contributed by atoms with Crippen LogP contribution in [0, 0.1) is 5.92 Å². The topological polar surface area (TPSA) is 100 Å². The molecule has 1 heterocycles. The Bertz CT molecular complexity index is 729. The summed E-state index contributed by atoms with van der Waals surface area (Å²) in [6, 6.07) is 9.31. The van der Waals surface area contributed by atoms with E-state index in [1.54, 1.807) is 0 Å². The Balaban J connectivity index is 1.48. The summed E-state index contributed by atoms with van der Waals surface area (Å²) in [6.45, 7) is 2.41. The van der Waals surface area contributed by atoms with E-state index in [-0.39, 0.29) is 30.5 Å². The van der Waals surface area contributed by atoms with Gasteiger partial charge in [-0.05, 0) is 6.42 Å². The van der Waals surface area contributed by atoms with Crippen molar-refractivity contribution in [3.8, 4) is 11.4 Å². The first kappa shape index (κ1) is 17.2. The normalized spacial score (nSPS) is 20.4. The van der Waals surface area contributed by atoms with Crippen LogP contribution in [0.2, 0.25) is 0 Å². The molecule has 1 aliphatic carbocycles. The van der Waals surface area contributed by atoms with Crippen LogP contribution in [-0.4, -0.2) is 40.5 Å². The number of rotatable bonds is 6. The fourth-order valence-electron chi connectivity index (χ4n) is 2.71. The molecule has 0 saturated carbocycles. The molecule has 3 atom stereocenters. The van der Waals surface area contributed by atoms with Gasteiger partial charge in [0.15, 0.2) is 0 Å². The average Bonchev–Trinajstić information content (AvgIpc) is 3.30. The van der Waals surface area contributed by atoms with Crippen LogP contribution < -0.4 is 10.6 Å². The molecule has 3 rings (SSSR count). The van der Waals surface area contributed by atoms with Crippen LogP contribution in [0.15, 0.2) is 47.0 Å². The van der Waals surface area contributed by atoms with Crippen LogP contribution in [-0.2, 0) is 0 Å². The third kappa shape index (κ3) is 4.45. The van der Waals surface area contributed by atoms with Gasteiger partial charge in [0.1, 0.15) is 0 Å². The molecule has 1 aromatic heterocycles. The summed E-state index contributed by atoms with van der Waals surface area (Å²) >= 11 is 0. The predicted octanol–water partition coefficient (Wildman–Crippen LogP) is 2.08. The number of benzene rings is 1. The maximum atomic E-state index is 12.0. The Morgan fingerprint density at radius 1 is 1.36 bits per heavy atom. The first-order valence-corrected chi connectivity index (χ1v) is 8.38. The Morgan fingerprint density at radius 2 is 2.16 bits per heavy atom. The van der Waals surface area contributed by atoms with Crippen molar-refractivity contribution >= 4 is 6.03 Å². The Morgan fingerprint density at radius 3 is 2.88 bits per heavy atom. The largest absolute Gasteiger partial charge is 0.396 e. The molecule has 3 N–H and O–H groups in total. The average molecular weight is 342 g/mol. The summed E-state index contributed by atoms with van der Waals surface area (Å²) in [6.07, 6.45) is 4.56. The third-order valence-corrected chi connectivity index (χ3v) is 4.19. The summed E-state index contributed by atoms with van der Waals surface area (Å²) in [7, 11) is 0. The first-order valence-electron chi connectivity index (χ1n) is 8.38. The number of hydrogen-bond donors (Lipinski definition) is 3. The second kappa shape index (κ2) is 7.94. The maximum absolute atomic E-state index is 12.0. The molecule has 1 aromatic carbocycles. The molecular weight excluding hydrogens is 320 g/mol. The molecule has 7 heteroatoms. The molecule has 0 aliphatic heterocycles. The second-order valence-corrected chi connectivity index (χ2v) is 6.25. The third-order valence-electron chi connectivity index (χ3n) is 4.19. The van der Waals surface area contributed by atoms with Crippen molar-refractivity contribution in [1.29, 1.82) is 0 Å². The molecule has 0 radical (unpaired) electrons. The van der Waals surface area contributed by atoms with Gasteiger partial charge >= 0.3 is 6.03 Å². The molecule has 0 fully saturated rings. The van der Waals surface area contributed by atoms with E-state index in [0.717, 1.165) is 12.0 Å². The minimum Gasteiger partial charge on any atom is -0.396 e. The molecule has 132 valence electrons. The van der Waals surface area contributed by atoms with Crippen molar-refractivity contribution in [2.75, 3.05) is 13.2 Å². The van der Waals surface area contributed by atoms with E-state index >= 15 is 0 Å². The number of hydrogen-bond acceptors (Lipinski definition) is 5. The highest BCUT2D eigenvalue weighted by atomic mass is 16.5. The Hall–Kier alpha value is -2.67. The summed E-state index contributed by atoms with van der Waals surface area (Å²) in [5.74, 6) is 1.05. The van der Waals surface area contributed by atoms with E-state index in [4.69, 9.17) is 9.63 Å². The monoisotopic (exact) mass is 342 g/mol. The lowest BCUT2D eigenvalue weighted by Gasteiger charge is -2.14. The number of nitrogens with one attached hydrogen (secondary N) is 2. The van der Waals surface area contributed by atoms with Crippen molar-refractivity contribution in [3.05, 3.63) is 48.4 Å². The lowest BCUT2D eigenvalue weighted by atomic mass is 10.1. The summed E-state index contributed by atoms with van der Waals surface area (Å²) < 4.78 is 5.30. The number of nitrogens with zero attached hydrogens (tertiary/aromatic N) is 2. The Kier molecular flexibility index (Phi) is 5.45. The van der Waals surface area contributed by atoms with E-state index in [1.165, 1.54) is 0 Å². The van der Waals surface area contributed by atoms with Gasteiger partial charge in [0.05, 0.1) is 5.92 Å². The fourth-order valence-corrected chi connectivity index (χ4v) is 2.71. The van der Waals surface area contributed by atoms with Gasteiger partial charge in [-0.25, -0.2) is 4.79 Å².